The lowest BCUT2D eigenvalue weighted by atomic mass is 9.87. The first-order valence-corrected chi connectivity index (χ1v) is 12.6. The van der Waals surface area contributed by atoms with E-state index in [1.54, 1.807) is 29.2 Å². The highest BCUT2D eigenvalue weighted by molar-refractivity contribution is 6.13. The summed E-state index contributed by atoms with van der Waals surface area (Å²) in [6, 6.07) is 12.7. The molecule has 0 radical (unpaired) electrons. The van der Waals surface area contributed by atoms with Gasteiger partial charge in [-0.3, -0.25) is 15.2 Å². The summed E-state index contributed by atoms with van der Waals surface area (Å²) in [7, 11) is 0. The van der Waals surface area contributed by atoms with Gasteiger partial charge < -0.3 is 26.0 Å². The zero-order chi connectivity index (χ0) is 26.4. The van der Waals surface area contributed by atoms with E-state index in [-0.39, 0.29) is 24.0 Å². The molecule has 4 rings (SSSR count). The molecular weight excluding hydrogens is 473 g/mol. The Bertz CT molecular complexity index is 1120. The van der Waals surface area contributed by atoms with Gasteiger partial charge in [-0.05, 0) is 73.8 Å². The molecule has 0 unspecified atom stereocenters. The van der Waals surface area contributed by atoms with Gasteiger partial charge in [0.2, 0.25) is 0 Å². The fraction of sp³-hybridized carbons (Fsp3) is 0.407. The van der Waals surface area contributed by atoms with E-state index in [9.17, 15) is 9.18 Å². The van der Waals surface area contributed by atoms with Crippen molar-refractivity contribution in [1.82, 2.24) is 9.80 Å². The molecule has 2 aromatic rings. The Morgan fingerprint density at radius 2 is 1.78 bits per heavy atom. The van der Waals surface area contributed by atoms with Gasteiger partial charge in [0.25, 0.3) is 5.91 Å². The van der Waals surface area contributed by atoms with Crippen molar-refractivity contribution in [2.45, 2.75) is 18.8 Å². The van der Waals surface area contributed by atoms with Crippen molar-refractivity contribution < 1.29 is 13.9 Å². The van der Waals surface area contributed by atoms with Crippen molar-refractivity contribution >= 4 is 23.0 Å². The van der Waals surface area contributed by atoms with Gasteiger partial charge in [-0.15, -0.1) is 0 Å². The van der Waals surface area contributed by atoms with Crippen LogP contribution in [0.3, 0.4) is 0 Å². The summed E-state index contributed by atoms with van der Waals surface area (Å²) in [6.45, 7) is 4.11. The normalized spacial score (nSPS) is 17.6. The molecule has 37 heavy (non-hydrogen) atoms. The smallest absolute Gasteiger partial charge is 0.254 e. The van der Waals surface area contributed by atoms with E-state index in [2.05, 4.69) is 4.90 Å². The zero-order valence-electron chi connectivity index (χ0n) is 21.0. The largest absolute Gasteiger partial charge is 0.398 e. The van der Waals surface area contributed by atoms with Crippen LogP contribution in [0.4, 0.5) is 15.8 Å². The van der Waals surface area contributed by atoms with Crippen molar-refractivity contribution in [1.29, 1.82) is 5.41 Å². The van der Waals surface area contributed by atoms with E-state index in [1.165, 1.54) is 11.2 Å². The number of nitrogens with two attached hydrogens (primary N) is 3. The number of morpholine rings is 1. The van der Waals surface area contributed by atoms with Gasteiger partial charge in [0, 0.05) is 42.6 Å². The molecule has 198 valence electrons. The third-order valence-electron chi connectivity index (χ3n) is 7.08. The number of likely N-dealkylation sites (tertiary alicyclic amines) is 1. The quantitative estimate of drug-likeness (QED) is 0.186. The number of rotatable bonds is 8. The van der Waals surface area contributed by atoms with Crippen LogP contribution in [-0.2, 0) is 4.74 Å². The molecule has 2 fully saturated rings. The highest BCUT2D eigenvalue weighted by atomic mass is 19.1. The molecule has 0 aliphatic carbocycles. The molecule has 1 amide bonds. The lowest BCUT2D eigenvalue weighted by molar-refractivity contribution is 0.0303. The second-order valence-corrected chi connectivity index (χ2v) is 9.47. The molecule has 2 aliphatic rings. The Kier molecular flexibility index (Phi) is 8.75. The first-order chi connectivity index (χ1) is 17.9. The van der Waals surface area contributed by atoms with Gasteiger partial charge in [-0.2, -0.15) is 0 Å². The van der Waals surface area contributed by atoms with E-state index in [1.807, 2.05) is 18.2 Å². The average Bonchev–Trinajstić information content (AvgIpc) is 2.93. The van der Waals surface area contributed by atoms with Crippen molar-refractivity contribution in [3.63, 3.8) is 0 Å². The number of benzene rings is 2. The molecule has 0 atom stereocenters. The SMILES string of the molecule is N=C(/C(N)=C/N(N)c1ccc(C(=O)N2CCOCC2)cc1)c1cc(C2CCN(CCF)CC2)ccc1N. The summed E-state index contributed by atoms with van der Waals surface area (Å²) < 4.78 is 18.0. The highest BCUT2D eigenvalue weighted by Gasteiger charge is 2.22. The molecule has 10 heteroatoms. The van der Waals surface area contributed by atoms with Crippen LogP contribution in [0.15, 0.2) is 54.4 Å². The standard InChI is InChI=1S/C27H36FN7O2/c28-9-12-33-10-7-19(8-11-33)21-3-6-24(29)23(17-21)26(31)25(30)18-35(32)22-4-1-20(2-5-22)27(36)34-13-15-37-16-14-34/h1-6,17-19,31H,7-16,29-30,32H2/b25-18-,31-26?. The number of halogens is 1. The number of amides is 1. The molecule has 0 bridgehead atoms. The van der Waals surface area contributed by atoms with E-state index in [4.69, 9.17) is 27.5 Å². The van der Waals surface area contributed by atoms with Crippen LogP contribution < -0.4 is 22.3 Å². The van der Waals surface area contributed by atoms with E-state index in [0.29, 0.717) is 61.3 Å². The Morgan fingerprint density at radius 3 is 2.43 bits per heavy atom. The van der Waals surface area contributed by atoms with Crippen LogP contribution in [-0.4, -0.2) is 74.0 Å². The molecule has 0 aromatic heterocycles. The molecule has 2 aliphatic heterocycles. The van der Waals surface area contributed by atoms with Crippen molar-refractivity contribution in [3.8, 4) is 0 Å². The molecule has 9 nitrogen and oxygen atoms in total. The number of alkyl halides is 1. The summed E-state index contributed by atoms with van der Waals surface area (Å²) in [5.74, 6) is 6.50. The van der Waals surface area contributed by atoms with Gasteiger partial charge in [0.05, 0.1) is 30.3 Å². The minimum atomic E-state index is -0.325. The summed E-state index contributed by atoms with van der Waals surface area (Å²) in [4.78, 5) is 16.6. The maximum atomic E-state index is 12.7. The van der Waals surface area contributed by atoms with Crippen molar-refractivity contribution in [2.75, 3.05) is 63.4 Å². The average molecular weight is 510 g/mol. The first-order valence-electron chi connectivity index (χ1n) is 12.6. The van der Waals surface area contributed by atoms with Crippen molar-refractivity contribution in [3.05, 3.63) is 71.1 Å². The number of allylic oxidation sites excluding steroid dienone is 1. The molecule has 0 spiro atoms. The molecule has 2 heterocycles. The Balaban J connectivity index is 1.43. The third kappa shape index (κ3) is 6.46. The van der Waals surface area contributed by atoms with Crippen LogP contribution in [0.25, 0.3) is 0 Å². The van der Waals surface area contributed by atoms with E-state index >= 15 is 0 Å². The number of piperidine rings is 1. The number of ether oxygens (including phenoxy) is 1. The predicted molar refractivity (Wildman–Crippen MR) is 144 cm³/mol. The predicted octanol–water partition coefficient (Wildman–Crippen LogP) is 2.44. The van der Waals surface area contributed by atoms with Gasteiger partial charge in [0.1, 0.15) is 6.67 Å². The monoisotopic (exact) mass is 509 g/mol. The van der Waals surface area contributed by atoms with Crippen LogP contribution in [0.5, 0.6) is 0 Å². The molecule has 2 aromatic carbocycles. The number of nitrogens with zero attached hydrogens (tertiary/aromatic N) is 3. The zero-order valence-corrected chi connectivity index (χ0v) is 21.0. The Labute approximate surface area is 217 Å². The van der Waals surface area contributed by atoms with Crippen molar-refractivity contribution in [2.24, 2.45) is 11.6 Å². The Morgan fingerprint density at radius 1 is 1.11 bits per heavy atom. The molecule has 2 saturated heterocycles. The molecule has 0 saturated carbocycles. The lowest BCUT2D eigenvalue weighted by Gasteiger charge is -2.31. The van der Waals surface area contributed by atoms with Crippen LogP contribution in [0.1, 0.15) is 40.2 Å². The van der Waals surface area contributed by atoms with Gasteiger partial charge >= 0.3 is 0 Å². The molecular formula is C27H36FN7O2. The Hall–Kier alpha value is -3.47. The number of nitrogens with one attached hydrogen (secondary N) is 1. The van der Waals surface area contributed by atoms with Crippen LogP contribution >= 0.6 is 0 Å². The second kappa shape index (κ2) is 12.2. The summed E-state index contributed by atoms with van der Waals surface area (Å²) >= 11 is 0. The number of carbonyl (C=O) groups is 1. The minimum Gasteiger partial charge on any atom is -0.398 e. The molecule has 7 N–H and O–H groups in total. The number of hydrogen-bond acceptors (Lipinski definition) is 8. The van der Waals surface area contributed by atoms with Gasteiger partial charge in [-0.1, -0.05) is 6.07 Å². The topological polar surface area (TPSA) is 138 Å². The summed E-state index contributed by atoms with van der Waals surface area (Å²) in [6.07, 6.45) is 3.34. The fourth-order valence-corrected chi connectivity index (χ4v) is 4.82. The van der Waals surface area contributed by atoms with Crippen LogP contribution in [0, 0.1) is 5.41 Å². The maximum absolute atomic E-state index is 12.7. The third-order valence-corrected chi connectivity index (χ3v) is 7.08. The second-order valence-electron chi connectivity index (χ2n) is 9.47. The maximum Gasteiger partial charge on any atom is 0.254 e. The number of anilines is 2. The number of carbonyl (C=O) groups excluding carboxylic acids is 1. The van der Waals surface area contributed by atoms with Crippen LogP contribution in [0.2, 0.25) is 0 Å². The van der Waals surface area contributed by atoms with Gasteiger partial charge in [0.15, 0.2) is 0 Å². The fourth-order valence-electron chi connectivity index (χ4n) is 4.82. The highest BCUT2D eigenvalue weighted by Crippen LogP contribution is 2.30. The summed E-state index contributed by atoms with van der Waals surface area (Å²) in [5, 5.41) is 9.99. The lowest BCUT2D eigenvalue weighted by Crippen LogP contribution is -2.40. The number of hydrazine groups is 1. The van der Waals surface area contributed by atoms with E-state index < -0.39 is 0 Å². The van der Waals surface area contributed by atoms with Gasteiger partial charge in [-0.25, -0.2) is 10.2 Å². The number of nitrogen functional groups attached to an aromatic ring is 1. The van der Waals surface area contributed by atoms with E-state index in [0.717, 1.165) is 31.5 Å². The number of hydrogen-bond donors (Lipinski definition) is 4. The first kappa shape index (κ1) is 26.6. The minimum absolute atomic E-state index is 0.0429. The summed E-state index contributed by atoms with van der Waals surface area (Å²) in [5.41, 5.74) is 16.0.